The van der Waals surface area contributed by atoms with Crippen molar-refractivity contribution < 1.29 is 45.8 Å². The molecule has 0 aromatic heterocycles. The SMILES string of the molecule is COCCC(NC(=O)c1cc(C(F)(F)F)cc(C(F)(F)F)c1)C(=O)O. The van der Waals surface area contributed by atoms with Crippen LogP contribution in [0, 0.1) is 0 Å². The summed E-state index contributed by atoms with van der Waals surface area (Å²) in [4.78, 5) is 22.9. The molecule has 0 saturated heterocycles. The summed E-state index contributed by atoms with van der Waals surface area (Å²) in [5.74, 6) is -2.88. The van der Waals surface area contributed by atoms with E-state index in [0.29, 0.717) is 0 Å². The number of ether oxygens (including phenoxy) is 1. The van der Waals surface area contributed by atoms with Gasteiger partial charge in [0.2, 0.25) is 0 Å². The highest BCUT2D eigenvalue weighted by atomic mass is 19.4. The second-order valence-corrected chi connectivity index (χ2v) is 4.94. The van der Waals surface area contributed by atoms with Gasteiger partial charge in [-0.1, -0.05) is 0 Å². The molecule has 25 heavy (non-hydrogen) atoms. The van der Waals surface area contributed by atoms with E-state index in [1.807, 2.05) is 5.32 Å². The van der Waals surface area contributed by atoms with E-state index in [9.17, 15) is 35.9 Å². The molecule has 0 spiro atoms. The number of carbonyl (C=O) groups excluding carboxylic acids is 1. The molecule has 5 nitrogen and oxygen atoms in total. The van der Waals surface area contributed by atoms with Crippen molar-refractivity contribution in [3.8, 4) is 0 Å². The van der Waals surface area contributed by atoms with Gasteiger partial charge in [-0.2, -0.15) is 26.3 Å². The summed E-state index contributed by atoms with van der Waals surface area (Å²) >= 11 is 0. The first-order valence-electron chi connectivity index (χ1n) is 6.68. The number of hydrogen-bond acceptors (Lipinski definition) is 3. The minimum absolute atomic E-state index is 0.0896. The van der Waals surface area contributed by atoms with Gasteiger partial charge in [0.15, 0.2) is 0 Å². The van der Waals surface area contributed by atoms with E-state index >= 15 is 0 Å². The smallest absolute Gasteiger partial charge is 0.416 e. The maximum Gasteiger partial charge on any atom is 0.416 e. The Morgan fingerprint density at radius 3 is 1.92 bits per heavy atom. The topological polar surface area (TPSA) is 75.6 Å². The zero-order chi connectivity index (χ0) is 19.4. The monoisotopic (exact) mass is 373 g/mol. The van der Waals surface area contributed by atoms with Crippen LogP contribution in [0.4, 0.5) is 26.3 Å². The third-order valence-electron chi connectivity index (χ3n) is 3.06. The highest BCUT2D eigenvalue weighted by Crippen LogP contribution is 2.36. The summed E-state index contributed by atoms with van der Waals surface area (Å²) in [7, 11) is 1.25. The minimum atomic E-state index is -5.11. The number of carbonyl (C=O) groups is 2. The average Bonchev–Trinajstić information content (AvgIpc) is 2.48. The summed E-state index contributed by atoms with van der Waals surface area (Å²) in [6.45, 7) is -0.0896. The van der Waals surface area contributed by atoms with E-state index in [2.05, 4.69) is 4.74 Å². The van der Waals surface area contributed by atoms with Crippen molar-refractivity contribution in [3.05, 3.63) is 34.9 Å². The van der Waals surface area contributed by atoms with Crippen LogP contribution >= 0.6 is 0 Å². The van der Waals surface area contributed by atoms with Gasteiger partial charge in [-0.25, -0.2) is 4.79 Å². The van der Waals surface area contributed by atoms with E-state index < -0.39 is 47.0 Å². The van der Waals surface area contributed by atoms with Crippen LogP contribution in [-0.4, -0.2) is 36.7 Å². The fraction of sp³-hybridized carbons (Fsp3) is 0.429. The first-order chi connectivity index (χ1) is 11.4. The lowest BCUT2D eigenvalue weighted by Gasteiger charge is -2.17. The zero-order valence-electron chi connectivity index (χ0n) is 12.7. The van der Waals surface area contributed by atoms with Gasteiger partial charge in [0, 0.05) is 25.7 Å². The highest BCUT2D eigenvalue weighted by molar-refractivity contribution is 5.97. The lowest BCUT2D eigenvalue weighted by Crippen LogP contribution is -2.41. The standard InChI is InChI=1S/C14H13F6NO4/c1-25-3-2-10(12(23)24)21-11(22)7-4-8(13(15,16)17)6-9(5-7)14(18,19)20/h4-6,10H,2-3H2,1H3,(H,21,22)(H,23,24). The molecule has 1 amide bonds. The van der Waals surface area contributed by atoms with Gasteiger partial charge in [0.05, 0.1) is 11.1 Å². The van der Waals surface area contributed by atoms with Crippen LogP contribution in [0.2, 0.25) is 0 Å². The van der Waals surface area contributed by atoms with Gasteiger partial charge < -0.3 is 15.2 Å². The fourth-order valence-electron chi connectivity index (χ4n) is 1.82. The van der Waals surface area contributed by atoms with Crippen LogP contribution in [0.1, 0.15) is 27.9 Å². The van der Waals surface area contributed by atoms with Gasteiger partial charge in [-0.15, -0.1) is 0 Å². The number of hydrogen-bond donors (Lipinski definition) is 2. The van der Waals surface area contributed by atoms with Crippen molar-refractivity contribution in [1.29, 1.82) is 0 Å². The molecule has 0 aliphatic carbocycles. The van der Waals surface area contributed by atoms with Crippen molar-refractivity contribution >= 4 is 11.9 Å². The minimum Gasteiger partial charge on any atom is -0.480 e. The fourth-order valence-corrected chi connectivity index (χ4v) is 1.82. The Bertz CT molecular complexity index is 609. The molecule has 0 saturated carbocycles. The Kier molecular flexibility index (Phi) is 6.41. The Labute approximate surface area is 137 Å². The van der Waals surface area contributed by atoms with E-state index in [1.54, 1.807) is 0 Å². The number of aliphatic carboxylic acids is 1. The molecule has 1 rings (SSSR count). The maximum absolute atomic E-state index is 12.7. The second kappa shape index (κ2) is 7.72. The Morgan fingerprint density at radius 1 is 1.08 bits per heavy atom. The first kappa shape index (κ1) is 20.7. The Morgan fingerprint density at radius 2 is 1.56 bits per heavy atom. The van der Waals surface area contributed by atoms with Gasteiger partial charge in [0.1, 0.15) is 6.04 Å². The van der Waals surface area contributed by atoms with Crippen LogP contribution in [0.5, 0.6) is 0 Å². The molecule has 0 fully saturated rings. The maximum atomic E-state index is 12.7. The molecular weight excluding hydrogens is 360 g/mol. The molecule has 0 aliphatic rings. The number of halogens is 6. The zero-order valence-corrected chi connectivity index (χ0v) is 12.7. The third-order valence-corrected chi connectivity index (χ3v) is 3.06. The molecule has 0 aliphatic heterocycles. The largest absolute Gasteiger partial charge is 0.480 e. The van der Waals surface area contributed by atoms with Gasteiger partial charge >= 0.3 is 18.3 Å². The molecule has 2 N–H and O–H groups in total. The Hall–Kier alpha value is -2.30. The van der Waals surface area contributed by atoms with Crippen molar-refractivity contribution in [2.24, 2.45) is 0 Å². The number of carboxylic acid groups (broad SMARTS) is 1. The van der Waals surface area contributed by atoms with Gasteiger partial charge in [-0.05, 0) is 18.2 Å². The Balaban J connectivity index is 3.21. The van der Waals surface area contributed by atoms with Crippen molar-refractivity contribution in [3.63, 3.8) is 0 Å². The summed E-state index contributed by atoms with van der Waals surface area (Å²) in [6.07, 6.45) is -10.4. The molecule has 1 unspecified atom stereocenters. The summed E-state index contributed by atoms with van der Waals surface area (Å²) in [5.41, 5.74) is -4.29. The number of alkyl halides is 6. The lowest BCUT2D eigenvalue weighted by molar-refractivity contribution is -0.143. The summed E-state index contributed by atoms with van der Waals surface area (Å²) in [6, 6.07) is -1.22. The number of methoxy groups -OCH3 is 1. The van der Waals surface area contributed by atoms with Crippen LogP contribution in [0.15, 0.2) is 18.2 Å². The van der Waals surface area contributed by atoms with Crippen LogP contribution in [-0.2, 0) is 21.9 Å². The van der Waals surface area contributed by atoms with Crippen molar-refractivity contribution in [2.45, 2.75) is 24.8 Å². The quantitative estimate of drug-likeness (QED) is 0.752. The molecule has 1 aromatic rings. The molecule has 1 aromatic carbocycles. The number of amides is 1. The first-order valence-corrected chi connectivity index (χ1v) is 6.68. The number of benzene rings is 1. The van der Waals surface area contributed by atoms with Gasteiger partial charge in [-0.3, -0.25) is 4.79 Å². The molecule has 140 valence electrons. The van der Waals surface area contributed by atoms with E-state index in [0.717, 1.165) is 0 Å². The van der Waals surface area contributed by atoms with Crippen LogP contribution in [0.25, 0.3) is 0 Å². The van der Waals surface area contributed by atoms with E-state index in [1.165, 1.54) is 7.11 Å². The predicted octanol–water partition coefficient (Wildman–Crippen LogP) is 2.94. The number of nitrogens with one attached hydrogen (secondary N) is 1. The summed E-state index contributed by atoms with van der Waals surface area (Å²) in [5, 5.41) is 10.8. The molecular formula is C14H13F6NO4. The number of rotatable bonds is 6. The summed E-state index contributed by atoms with van der Waals surface area (Å²) < 4.78 is 81.1. The van der Waals surface area contributed by atoms with Gasteiger partial charge in [0.25, 0.3) is 5.91 Å². The molecule has 11 heteroatoms. The molecule has 0 radical (unpaired) electrons. The normalized spacial score (nSPS) is 13.4. The highest BCUT2D eigenvalue weighted by Gasteiger charge is 2.37. The molecule has 0 bridgehead atoms. The van der Waals surface area contributed by atoms with Crippen molar-refractivity contribution in [1.82, 2.24) is 5.32 Å². The third kappa shape index (κ3) is 5.93. The van der Waals surface area contributed by atoms with Crippen LogP contribution in [0.3, 0.4) is 0 Å². The van der Waals surface area contributed by atoms with E-state index in [4.69, 9.17) is 5.11 Å². The average molecular weight is 373 g/mol. The van der Waals surface area contributed by atoms with Crippen molar-refractivity contribution in [2.75, 3.05) is 13.7 Å². The predicted molar refractivity (Wildman–Crippen MR) is 71.8 cm³/mol. The molecule has 1 atom stereocenters. The molecule has 0 heterocycles. The number of carboxylic acids is 1. The van der Waals surface area contributed by atoms with Crippen LogP contribution < -0.4 is 5.32 Å². The van der Waals surface area contributed by atoms with E-state index in [-0.39, 0.29) is 31.2 Å². The second-order valence-electron chi connectivity index (χ2n) is 4.94. The lowest BCUT2D eigenvalue weighted by atomic mass is 10.0.